The fourth-order valence-corrected chi connectivity index (χ4v) is 4.12. The van der Waals surface area contributed by atoms with Crippen LogP contribution < -0.4 is 25.2 Å². The summed E-state index contributed by atoms with van der Waals surface area (Å²) in [5, 5.41) is 3.12. The van der Waals surface area contributed by atoms with Crippen molar-refractivity contribution >= 4 is 21.4 Å². The third-order valence-corrected chi connectivity index (χ3v) is 5.73. The van der Waals surface area contributed by atoms with Crippen LogP contribution in [0.1, 0.15) is 0 Å². The van der Waals surface area contributed by atoms with E-state index in [1.165, 1.54) is 7.11 Å². The Morgan fingerprint density at radius 3 is 2.50 bits per heavy atom. The normalized spacial score (nSPS) is 11.0. The lowest BCUT2D eigenvalue weighted by atomic mass is 10.1. The predicted molar refractivity (Wildman–Crippen MR) is 118 cm³/mol. The van der Waals surface area contributed by atoms with E-state index in [0.29, 0.717) is 30.1 Å². The summed E-state index contributed by atoms with van der Waals surface area (Å²) in [5.74, 6) is 0.812. The number of pyridine rings is 1. The molecule has 0 atom stereocenters. The van der Waals surface area contributed by atoms with Gasteiger partial charge in [-0.2, -0.15) is 0 Å². The summed E-state index contributed by atoms with van der Waals surface area (Å²) < 4.78 is 39.4. The first-order chi connectivity index (χ1) is 14.5. The van der Waals surface area contributed by atoms with Crippen LogP contribution in [0.25, 0.3) is 11.1 Å². The van der Waals surface area contributed by atoms with Gasteiger partial charge < -0.3 is 20.5 Å². The molecule has 0 aliphatic carbocycles. The summed E-state index contributed by atoms with van der Waals surface area (Å²) in [7, 11) is -0.943. The van der Waals surface area contributed by atoms with Crippen LogP contribution in [0.5, 0.6) is 11.5 Å². The van der Waals surface area contributed by atoms with E-state index in [0.717, 1.165) is 11.3 Å². The van der Waals surface area contributed by atoms with E-state index in [-0.39, 0.29) is 10.6 Å². The van der Waals surface area contributed by atoms with Crippen LogP contribution in [-0.2, 0) is 10.0 Å². The number of rotatable bonds is 9. The van der Waals surface area contributed by atoms with Crippen molar-refractivity contribution in [1.29, 1.82) is 0 Å². The molecule has 0 amide bonds. The molecule has 0 saturated heterocycles. The van der Waals surface area contributed by atoms with Crippen molar-refractivity contribution in [2.75, 3.05) is 37.3 Å². The Morgan fingerprint density at radius 1 is 0.967 bits per heavy atom. The van der Waals surface area contributed by atoms with Crippen molar-refractivity contribution in [1.82, 2.24) is 4.98 Å². The van der Waals surface area contributed by atoms with Gasteiger partial charge in [-0.15, -0.1) is 0 Å². The Labute approximate surface area is 176 Å². The van der Waals surface area contributed by atoms with Crippen molar-refractivity contribution in [3.05, 3.63) is 60.9 Å². The van der Waals surface area contributed by atoms with Gasteiger partial charge in [0.2, 0.25) is 0 Å². The molecule has 30 heavy (non-hydrogen) atoms. The molecule has 0 unspecified atom stereocenters. The maximum absolute atomic E-state index is 13.1. The summed E-state index contributed by atoms with van der Waals surface area (Å²) in [4.78, 5) is 4.15. The monoisotopic (exact) mass is 428 g/mol. The van der Waals surface area contributed by atoms with E-state index in [1.54, 1.807) is 62.0 Å². The van der Waals surface area contributed by atoms with Crippen LogP contribution in [0.2, 0.25) is 0 Å². The maximum Gasteiger partial charge on any atom is 0.265 e. The molecular formula is C21H24N4O4S. The Balaban J connectivity index is 1.96. The number of nitrogens with zero attached hydrogens (tertiary/aromatic N) is 1. The number of aromatic nitrogens is 1. The molecule has 2 aromatic carbocycles. The molecule has 0 aliphatic rings. The molecule has 158 valence electrons. The number of benzene rings is 2. The number of ether oxygens (including phenoxy) is 2. The van der Waals surface area contributed by atoms with Crippen molar-refractivity contribution in [2.24, 2.45) is 5.73 Å². The van der Waals surface area contributed by atoms with Gasteiger partial charge in [-0.25, -0.2) is 8.42 Å². The topological polar surface area (TPSA) is 116 Å². The molecule has 0 spiro atoms. The number of hydrogen-bond donors (Lipinski definition) is 3. The van der Waals surface area contributed by atoms with Crippen molar-refractivity contribution in [2.45, 2.75) is 4.90 Å². The predicted octanol–water partition coefficient (Wildman–Crippen LogP) is 2.94. The summed E-state index contributed by atoms with van der Waals surface area (Å²) >= 11 is 0. The minimum Gasteiger partial charge on any atom is -0.495 e. The number of sulfonamides is 1. The van der Waals surface area contributed by atoms with Crippen molar-refractivity contribution in [3.8, 4) is 22.6 Å². The number of nitrogens with one attached hydrogen (secondary N) is 2. The average molecular weight is 429 g/mol. The van der Waals surface area contributed by atoms with E-state index in [9.17, 15) is 8.42 Å². The van der Waals surface area contributed by atoms with Crippen molar-refractivity contribution < 1.29 is 17.9 Å². The molecule has 8 nitrogen and oxygen atoms in total. The Morgan fingerprint density at radius 2 is 1.77 bits per heavy atom. The van der Waals surface area contributed by atoms with Crippen molar-refractivity contribution in [3.63, 3.8) is 0 Å². The lowest BCUT2D eigenvalue weighted by Gasteiger charge is -2.14. The zero-order chi connectivity index (χ0) is 21.6. The van der Waals surface area contributed by atoms with E-state index in [4.69, 9.17) is 15.2 Å². The van der Waals surface area contributed by atoms with Gasteiger partial charge in [0.25, 0.3) is 10.0 Å². The zero-order valence-electron chi connectivity index (χ0n) is 16.8. The van der Waals surface area contributed by atoms with Gasteiger partial charge in [-0.3, -0.25) is 9.71 Å². The van der Waals surface area contributed by atoms with E-state index >= 15 is 0 Å². The Kier molecular flexibility index (Phi) is 6.76. The van der Waals surface area contributed by atoms with Gasteiger partial charge in [-0.1, -0.05) is 12.1 Å². The van der Waals surface area contributed by atoms with E-state index in [2.05, 4.69) is 15.0 Å². The minimum absolute atomic E-state index is 0.0191. The second-order valence-electron chi connectivity index (χ2n) is 6.38. The summed E-state index contributed by atoms with van der Waals surface area (Å²) in [5.41, 5.74) is 8.09. The molecule has 0 aliphatic heterocycles. The molecule has 4 N–H and O–H groups in total. The maximum atomic E-state index is 13.1. The molecule has 0 bridgehead atoms. The van der Waals surface area contributed by atoms with Crippen LogP contribution in [0.15, 0.2) is 65.8 Å². The van der Waals surface area contributed by atoms with Crippen LogP contribution in [-0.4, -0.2) is 40.7 Å². The van der Waals surface area contributed by atoms with Gasteiger partial charge in [0.1, 0.15) is 16.4 Å². The first kappa shape index (κ1) is 21.4. The van der Waals surface area contributed by atoms with Gasteiger partial charge in [-0.05, 0) is 42.0 Å². The molecule has 0 saturated carbocycles. The highest BCUT2D eigenvalue weighted by molar-refractivity contribution is 7.92. The lowest BCUT2D eigenvalue weighted by molar-refractivity contribution is 0.403. The van der Waals surface area contributed by atoms with Gasteiger partial charge in [0, 0.05) is 30.5 Å². The number of hydrogen-bond acceptors (Lipinski definition) is 7. The Hall–Kier alpha value is -3.30. The fraction of sp³-hybridized carbons (Fsp3) is 0.190. The fourth-order valence-electron chi connectivity index (χ4n) is 2.87. The number of nitrogens with two attached hydrogens (primary N) is 1. The summed E-state index contributed by atoms with van der Waals surface area (Å²) in [6, 6.07) is 13.7. The highest BCUT2D eigenvalue weighted by atomic mass is 32.2. The van der Waals surface area contributed by atoms with Crippen LogP contribution in [0.3, 0.4) is 0 Å². The lowest BCUT2D eigenvalue weighted by Crippen LogP contribution is -2.15. The number of methoxy groups -OCH3 is 2. The second kappa shape index (κ2) is 9.47. The highest BCUT2D eigenvalue weighted by Gasteiger charge is 2.21. The van der Waals surface area contributed by atoms with Crippen LogP contribution in [0.4, 0.5) is 11.4 Å². The first-order valence-corrected chi connectivity index (χ1v) is 10.7. The van der Waals surface area contributed by atoms with Crippen LogP contribution in [0, 0.1) is 0 Å². The van der Waals surface area contributed by atoms with Gasteiger partial charge >= 0.3 is 0 Å². The SMILES string of the molecule is COc1cncc(-c2ccc(OC)c(S(=O)(=O)Nc3cccc(NCCN)c3)c2)c1. The first-order valence-electron chi connectivity index (χ1n) is 9.21. The van der Waals surface area contributed by atoms with Gasteiger partial charge in [0.15, 0.2) is 0 Å². The highest BCUT2D eigenvalue weighted by Crippen LogP contribution is 2.32. The molecule has 9 heteroatoms. The third-order valence-electron chi connectivity index (χ3n) is 4.32. The summed E-state index contributed by atoms with van der Waals surface area (Å²) in [6.07, 6.45) is 3.22. The molecule has 0 radical (unpaired) electrons. The molecule has 3 rings (SSSR count). The molecule has 0 fully saturated rings. The largest absolute Gasteiger partial charge is 0.495 e. The number of anilines is 2. The van der Waals surface area contributed by atoms with Gasteiger partial charge in [0.05, 0.1) is 26.1 Å². The molecular weight excluding hydrogens is 404 g/mol. The molecule has 1 aromatic heterocycles. The molecule has 3 aromatic rings. The van der Waals surface area contributed by atoms with E-state index in [1.807, 2.05) is 6.07 Å². The summed E-state index contributed by atoms with van der Waals surface area (Å²) in [6.45, 7) is 1.06. The second-order valence-corrected chi connectivity index (χ2v) is 8.03. The average Bonchev–Trinajstić information content (AvgIpc) is 2.77. The van der Waals surface area contributed by atoms with E-state index < -0.39 is 10.0 Å². The smallest absolute Gasteiger partial charge is 0.265 e. The molecule has 1 heterocycles. The zero-order valence-corrected chi connectivity index (χ0v) is 17.6. The van der Waals surface area contributed by atoms with Crippen LogP contribution >= 0.6 is 0 Å². The standard InChI is InChI=1S/C21H24N4O4S/c1-28-19-10-16(13-23-14-19)15-6-7-20(29-2)21(11-15)30(26,27)25-18-5-3-4-17(12-18)24-9-8-22/h3-7,10-14,24-25H,8-9,22H2,1-2H3. The quantitative estimate of drug-likeness (QED) is 0.480. The third kappa shape index (κ3) is 5.00. The Bertz CT molecular complexity index is 1120. The minimum atomic E-state index is -3.92.